The normalized spacial score (nSPS) is 20.6. The maximum Gasteiger partial charge on any atom is 0.0635 e. The molecule has 0 saturated carbocycles. The monoisotopic (exact) mass is 282 g/mol. The zero-order valence-corrected chi connectivity index (χ0v) is 12.3. The maximum atomic E-state index is 6.24. The maximum absolute atomic E-state index is 6.24. The van der Waals surface area contributed by atoms with E-state index in [9.17, 15) is 0 Å². The molecular weight excluding hydrogens is 260 g/mol. The van der Waals surface area contributed by atoms with Gasteiger partial charge in [-0.25, -0.2) is 0 Å². The van der Waals surface area contributed by atoms with Gasteiger partial charge < -0.3 is 10.1 Å². The van der Waals surface area contributed by atoms with Gasteiger partial charge in [-0.2, -0.15) is 0 Å². The SMILES string of the molecule is CCCNCC1COCCN1Cc1ccccc1Cl. The molecular formula is C15H23ClN2O. The van der Waals surface area contributed by atoms with Gasteiger partial charge in [-0.3, -0.25) is 4.90 Å². The fraction of sp³-hybridized carbons (Fsp3) is 0.600. The molecule has 0 aliphatic carbocycles. The summed E-state index contributed by atoms with van der Waals surface area (Å²) in [4.78, 5) is 2.47. The third-order valence-corrected chi connectivity index (χ3v) is 3.86. The van der Waals surface area contributed by atoms with Crippen molar-refractivity contribution >= 4 is 11.6 Å². The molecule has 0 radical (unpaired) electrons. The molecule has 0 amide bonds. The van der Waals surface area contributed by atoms with Crippen LogP contribution in [0.4, 0.5) is 0 Å². The first-order valence-electron chi connectivity index (χ1n) is 7.07. The molecule has 0 aromatic heterocycles. The molecule has 1 unspecified atom stereocenters. The lowest BCUT2D eigenvalue weighted by molar-refractivity contribution is -0.0108. The molecule has 1 heterocycles. The molecule has 19 heavy (non-hydrogen) atoms. The molecule has 1 fully saturated rings. The van der Waals surface area contributed by atoms with E-state index in [2.05, 4.69) is 23.2 Å². The predicted octanol–water partition coefficient (Wildman–Crippen LogP) is 2.54. The van der Waals surface area contributed by atoms with Crippen molar-refractivity contribution < 1.29 is 4.74 Å². The lowest BCUT2D eigenvalue weighted by Gasteiger charge is -2.36. The number of nitrogens with zero attached hydrogens (tertiary/aromatic N) is 1. The fourth-order valence-corrected chi connectivity index (χ4v) is 2.57. The Morgan fingerprint density at radius 3 is 3.05 bits per heavy atom. The lowest BCUT2D eigenvalue weighted by atomic mass is 10.1. The number of morpholine rings is 1. The van der Waals surface area contributed by atoms with Crippen LogP contribution in [0.2, 0.25) is 5.02 Å². The Morgan fingerprint density at radius 1 is 1.42 bits per heavy atom. The fourth-order valence-electron chi connectivity index (χ4n) is 2.38. The van der Waals surface area contributed by atoms with E-state index in [1.165, 1.54) is 5.56 Å². The molecule has 3 nitrogen and oxygen atoms in total. The molecule has 0 spiro atoms. The van der Waals surface area contributed by atoms with Crippen molar-refractivity contribution in [2.24, 2.45) is 0 Å². The Kier molecular flexibility index (Phi) is 6.11. The minimum Gasteiger partial charge on any atom is -0.378 e. The first-order valence-corrected chi connectivity index (χ1v) is 7.45. The predicted molar refractivity (Wildman–Crippen MR) is 79.6 cm³/mol. The summed E-state index contributed by atoms with van der Waals surface area (Å²) in [5.74, 6) is 0. The highest BCUT2D eigenvalue weighted by Crippen LogP contribution is 2.19. The van der Waals surface area contributed by atoms with E-state index >= 15 is 0 Å². The quantitative estimate of drug-likeness (QED) is 0.812. The zero-order valence-electron chi connectivity index (χ0n) is 11.6. The first kappa shape index (κ1) is 14.8. The van der Waals surface area contributed by atoms with Crippen LogP contribution >= 0.6 is 11.6 Å². The van der Waals surface area contributed by atoms with E-state index in [4.69, 9.17) is 16.3 Å². The molecule has 1 aromatic rings. The highest BCUT2D eigenvalue weighted by molar-refractivity contribution is 6.31. The van der Waals surface area contributed by atoms with Gasteiger partial charge in [-0.1, -0.05) is 36.7 Å². The number of hydrogen-bond donors (Lipinski definition) is 1. The van der Waals surface area contributed by atoms with Crippen molar-refractivity contribution in [3.8, 4) is 0 Å². The van der Waals surface area contributed by atoms with Gasteiger partial charge in [0.1, 0.15) is 0 Å². The van der Waals surface area contributed by atoms with Crippen LogP contribution in [0.3, 0.4) is 0 Å². The Bertz CT molecular complexity index is 386. The summed E-state index contributed by atoms with van der Waals surface area (Å²) in [7, 11) is 0. The molecule has 0 bridgehead atoms. The van der Waals surface area contributed by atoms with Crippen molar-refractivity contribution in [2.75, 3.05) is 32.8 Å². The van der Waals surface area contributed by atoms with Gasteiger partial charge in [0.2, 0.25) is 0 Å². The van der Waals surface area contributed by atoms with E-state index in [0.717, 1.165) is 50.8 Å². The molecule has 1 aromatic carbocycles. The summed E-state index contributed by atoms with van der Waals surface area (Å²) >= 11 is 6.24. The zero-order chi connectivity index (χ0) is 13.5. The number of benzene rings is 1. The van der Waals surface area contributed by atoms with Crippen molar-refractivity contribution in [3.05, 3.63) is 34.9 Å². The van der Waals surface area contributed by atoms with E-state index in [1.807, 2.05) is 18.2 Å². The minimum absolute atomic E-state index is 0.441. The Labute approximate surface area is 120 Å². The average Bonchev–Trinajstić information content (AvgIpc) is 2.43. The van der Waals surface area contributed by atoms with Gasteiger partial charge in [0.25, 0.3) is 0 Å². The van der Waals surface area contributed by atoms with Crippen LogP contribution in [-0.4, -0.2) is 43.8 Å². The Morgan fingerprint density at radius 2 is 2.26 bits per heavy atom. The van der Waals surface area contributed by atoms with Crippen molar-refractivity contribution in [2.45, 2.75) is 25.9 Å². The number of hydrogen-bond acceptors (Lipinski definition) is 3. The highest BCUT2D eigenvalue weighted by atomic mass is 35.5. The molecule has 1 aliphatic rings. The molecule has 1 aliphatic heterocycles. The number of rotatable bonds is 6. The summed E-state index contributed by atoms with van der Waals surface area (Å²) in [6.45, 7) is 7.74. The second-order valence-electron chi connectivity index (χ2n) is 4.99. The topological polar surface area (TPSA) is 24.5 Å². The van der Waals surface area contributed by atoms with Crippen LogP contribution in [0.25, 0.3) is 0 Å². The van der Waals surface area contributed by atoms with Gasteiger partial charge in [0, 0.05) is 30.7 Å². The van der Waals surface area contributed by atoms with Crippen LogP contribution in [-0.2, 0) is 11.3 Å². The number of nitrogens with one attached hydrogen (secondary N) is 1. The second kappa shape index (κ2) is 7.85. The average molecular weight is 283 g/mol. The number of ether oxygens (including phenoxy) is 1. The third kappa shape index (κ3) is 4.46. The van der Waals surface area contributed by atoms with Gasteiger partial charge in [-0.15, -0.1) is 0 Å². The summed E-state index contributed by atoms with van der Waals surface area (Å²) in [5.41, 5.74) is 1.20. The van der Waals surface area contributed by atoms with E-state index in [-0.39, 0.29) is 0 Å². The van der Waals surface area contributed by atoms with Crippen molar-refractivity contribution in [1.82, 2.24) is 10.2 Å². The van der Waals surface area contributed by atoms with E-state index in [1.54, 1.807) is 0 Å². The van der Waals surface area contributed by atoms with Crippen LogP contribution in [0.5, 0.6) is 0 Å². The van der Waals surface area contributed by atoms with E-state index < -0.39 is 0 Å². The van der Waals surface area contributed by atoms with Gasteiger partial charge >= 0.3 is 0 Å². The highest BCUT2D eigenvalue weighted by Gasteiger charge is 2.23. The Balaban J connectivity index is 1.93. The van der Waals surface area contributed by atoms with Gasteiger partial charge in [0.15, 0.2) is 0 Å². The molecule has 1 saturated heterocycles. The second-order valence-corrected chi connectivity index (χ2v) is 5.40. The van der Waals surface area contributed by atoms with Gasteiger partial charge in [-0.05, 0) is 24.6 Å². The molecule has 1 atom stereocenters. The third-order valence-electron chi connectivity index (χ3n) is 3.49. The summed E-state index contributed by atoms with van der Waals surface area (Å²) < 4.78 is 5.60. The molecule has 4 heteroatoms. The number of halogens is 1. The standard InChI is InChI=1S/C15H23ClN2O/c1-2-7-17-10-14-12-19-9-8-18(14)11-13-5-3-4-6-15(13)16/h3-6,14,17H,2,7-12H2,1H3. The smallest absolute Gasteiger partial charge is 0.0635 e. The minimum atomic E-state index is 0.441. The lowest BCUT2D eigenvalue weighted by Crippen LogP contribution is -2.49. The molecule has 2 rings (SSSR count). The van der Waals surface area contributed by atoms with Crippen LogP contribution < -0.4 is 5.32 Å². The van der Waals surface area contributed by atoms with Crippen molar-refractivity contribution in [3.63, 3.8) is 0 Å². The van der Waals surface area contributed by atoms with Crippen LogP contribution in [0, 0.1) is 0 Å². The first-order chi connectivity index (χ1) is 9.31. The van der Waals surface area contributed by atoms with Crippen molar-refractivity contribution in [1.29, 1.82) is 0 Å². The van der Waals surface area contributed by atoms with Gasteiger partial charge in [0.05, 0.1) is 13.2 Å². The van der Waals surface area contributed by atoms with Crippen LogP contribution in [0.1, 0.15) is 18.9 Å². The summed E-state index contributed by atoms with van der Waals surface area (Å²) in [6, 6.07) is 8.53. The largest absolute Gasteiger partial charge is 0.378 e. The van der Waals surface area contributed by atoms with Crippen LogP contribution in [0.15, 0.2) is 24.3 Å². The molecule has 1 N–H and O–H groups in total. The Hall–Kier alpha value is -0.610. The molecule has 106 valence electrons. The van der Waals surface area contributed by atoms with E-state index in [0.29, 0.717) is 6.04 Å². The summed E-state index contributed by atoms with van der Waals surface area (Å²) in [6.07, 6.45) is 1.16. The summed E-state index contributed by atoms with van der Waals surface area (Å²) in [5, 5.41) is 4.34.